The van der Waals surface area contributed by atoms with Gasteiger partial charge in [-0.05, 0) is 29.6 Å². The summed E-state index contributed by atoms with van der Waals surface area (Å²) in [6, 6.07) is 0. The molecule has 3 nitrogen and oxygen atoms in total. The fraction of sp³-hybridized carbons (Fsp3) is 0.0714. The largest absolute Gasteiger partial charge is 0.522 e. The molecule has 17 heavy (non-hydrogen) atoms. The predicted octanol–water partition coefficient (Wildman–Crippen LogP) is 0.377. The van der Waals surface area contributed by atoms with Crippen molar-refractivity contribution >= 4 is 6.16 Å². The summed E-state index contributed by atoms with van der Waals surface area (Å²) in [5.41, 5.74) is 0. The summed E-state index contributed by atoms with van der Waals surface area (Å²) < 4.78 is 8.38. The highest BCUT2D eigenvalue weighted by Gasteiger charge is 1.93. The summed E-state index contributed by atoms with van der Waals surface area (Å²) in [6.07, 6.45) is 5.97. The Kier molecular flexibility index (Phi) is 8.59. The number of hydrogen-bond acceptors (Lipinski definition) is 3. The van der Waals surface area contributed by atoms with E-state index in [0.717, 1.165) is 0 Å². The van der Waals surface area contributed by atoms with Crippen LogP contribution in [-0.2, 0) is 9.47 Å². The summed E-state index contributed by atoms with van der Waals surface area (Å²) in [6.45, 7) is 0. The molecule has 0 N–H and O–H groups in total. The van der Waals surface area contributed by atoms with Crippen molar-refractivity contribution in [2.24, 2.45) is 0 Å². The number of carbonyl (C=O) groups is 1. The summed E-state index contributed by atoms with van der Waals surface area (Å²) in [7, 11) is 1.17. The highest BCUT2D eigenvalue weighted by atomic mass is 16.7. The Morgan fingerprint density at radius 3 is 1.82 bits per heavy atom. The van der Waals surface area contributed by atoms with E-state index >= 15 is 0 Å². The first-order valence-corrected chi connectivity index (χ1v) is 4.01. The number of rotatable bonds is 0. The van der Waals surface area contributed by atoms with Crippen LogP contribution in [0.5, 0.6) is 0 Å². The Hall–Kier alpha value is -3.37. The van der Waals surface area contributed by atoms with Crippen molar-refractivity contribution in [3.8, 4) is 71.7 Å². The van der Waals surface area contributed by atoms with Crippen LogP contribution in [0.1, 0.15) is 0 Å². The molecule has 0 aliphatic heterocycles. The minimum atomic E-state index is -0.900. The molecular formula is C14H4O3. The SMILES string of the molecule is C#CC#CC#CC#CC#CC#COC(=O)OC. The molecule has 0 spiro atoms. The smallest absolute Gasteiger partial charge is 0.437 e. The molecule has 0 radical (unpaired) electrons. The van der Waals surface area contributed by atoms with Crippen LogP contribution in [0.25, 0.3) is 0 Å². The van der Waals surface area contributed by atoms with Crippen LogP contribution in [0.2, 0.25) is 0 Å². The minimum Gasteiger partial charge on any atom is -0.437 e. The van der Waals surface area contributed by atoms with Crippen molar-refractivity contribution in [1.82, 2.24) is 0 Å². The summed E-state index contributed by atoms with van der Waals surface area (Å²) in [5.74, 6) is 23.2. The Balaban J connectivity index is 4.13. The van der Waals surface area contributed by atoms with Gasteiger partial charge in [-0.3, -0.25) is 0 Å². The molecule has 0 saturated heterocycles. The van der Waals surface area contributed by atoms with Gasteiger partial charge in [-0.1, -0.05) is 0 Å². The molecule has 0 aromatic heterocycles. The Morgan fingerprint density at radius 2 is 1.35 bits per heavy atom. The van der Waals surface area contributed by atoms with Crippen molar-refractivity contribution < 1.29 is 14.3 Å². The maximum Gasteiger partial charge on any atom is 0.522 e. The number of carbonyl (C=O) groups excluding carboxylic acids is 1. The fourth-order valence-electron chi connectivity index (χ4n) is 0.389. The van der Waals surface area contributed by atoms with Crippen molar-refractivity contribution in [2.45, 2.75) is 0 Å². The molecule has 0 amide bonds. The quantitative estimate of drug-likeness (QED) is 0.437. The van der Waals surface area contributed by atoms with Crippen molar-refractivity contribution in [3.05, 3.63) is 0 Å². The topological polar surface area (TPSA) is 35.5 Å². The van der Waals surface area contributed by atoms with Crippen LogP contribution in [-0.4, -0.2) is 13.3 Å². The van der Waals surface area contributed by atoms with E-state index in [1.165, 1.54) is 7.11 Å². The van der Waals surface area contributed by atoms with Gasteiger partial charge < -0.3 is 9.47 Å². The van der Waals surface area contributed by atoms with E-state index in [-0.39, 0.29) is 0 Å². The molecule has 0 unspecified atom stereocenters. The Morgan fingerprint density at radius 1 is 0.882 bits per heavy atom. The summed E-state index contributed by atoms with van der Waals surface area (Å²) in [4.78, 5) is 10.4. The average Bonchev–Trinajstić information content (AvgIpc) is 2.35. The van der Waals surface area contributed by atoms with Gasteiger partial charge in [-0.2, -0.15) is 0 Å². The maximum absolute atomic E-state index is 10.4. The predicted molar refractivity (Wildman–Crippen MR) is 61.2 cm³/mol. The first-order valence-electron chi connectivity index (χ1n) is 4.01. The zero-order chi connectivity index (χ0) is 12.8. The molecule has 0 aliphatic rings. The minimum absolute atomic E-state index is 0.900. The molecule has 0 saturated carbocycles. The third kappa shape index (κ3) is 10.6. The second kappa shape index (κ2) is 10.7. The summed E-state index contributed by atoms with van der Waals surface area (Å²) in [5, 5.41) is 0. The number of terminal acetylenes is 1. The van der Waals surface area contributed by atoms with Crippen LogP contribution in [0.3, 0.4) is 0 Å². The van der Waals surface area contributed by atoms with Crippen LogP contribution in [0.4, 0.5) is 4.79 Å². The lowest BCUT2D eigenvalue weighted by Crippen LogP contribution is -1.98. The lowest BCUT2D eigenvalue weighted by molar-refractivity contribution is 0.112. The molecule has 0 aliphatic carbocycles. The molecule has 0 fully saturated rings. The number of methoxy groups -OCH3 is 1. The first-order chi connectivity index (χ1) is 8.31. The van der Waals surface area contributed by atoms with Gasteiger partial charge in [-0.15, -0.1) is 6.42 Å². The van der Waals surface area contributed by atoms with Crippen molar-refractivity contribution in [2.75, 3.05) is 7.11 Å². The van der Waals surface area contributed by atoms with Crippen LogP contribution in [0, 0.1) is 71.7 Å². The lowest BCUT2D eigenvalue weighted by Gasteiger charge is -1.88. The molecule has 78 valence electrons. The van der Waals surface area contributed by atoms with Gasteiger partial charge in [0.2, 0.25) is 0 Å². The third-order valence-electron chi connectivity index (χ3n) is 0.924. The van der Waals surface area contributed by atoms with Gasteiger partial charge in [0, 0.05) is 29.6 Å². The van der Waals surface area contributed by atoms with Gasteiger partial charge >= 0.3 is 6.16 Å². The lowest BCUT2D eigenvalue weighted by atomic mass is 10.5. The molecule has 0 bridgehead atoms. The normalized spacial score (nSPS) is 4.94. The summed E-state index contributed by atoms with van der Waals surface area (Å²) >= 11 is 0. The molecule has 0 heterocycles. The number of hydrogen-bond donors (Lipinski definition) is 0. The van der Waals surface area contributed by atoms with Gasteiger partial charge in [-0.25, -0.2) is 4.79 Å². The highest BCUT2D eigenvalue weighted by molar-refractivity contribution is 5.61. The van der Waals surface area contributed by atoms with Crippen molar-refractivity contribution in [3.63, 3.8) is 0 Å². The van der Waals surface area contributed by atoms with E-state index in [9.17, 15) is 4.79 Å². The second-order valence-electron chi connectivity index (χ2n) is 1.93. The average molecular weight is 220 g/mol. The van der Waals surface area contributed by atoms with Crippen molar-refractivity contribution in [1.29, 1.82) is 0 Å². The fourth-order valence-corrected chi connectivity index (χ4v) is 0.389. The number of ether oxygens (including phenoxy) is 2. The van der Waals surface area contributed by atoms with Gasteiger partial charge in [0.15, 0.2) is 0 Å². The second-order valence-corrected chi connectivity index (χ2v) is 1.93. The molecule has 0 aromatic rings. The maximum atomic E-state index is 10.4. The molecular weight excluding hydrogens is 216 g/mol. The molecule has 0 atom stereocenters. The highest BCUT2D eigenvalue weighted by Crippen LogP contribution is 1.76. The monoisotopic (exact) mass is 220 g/mol. The van der Waals surface area contributed by atoms with E-state index in [4.69, 9.17) is 6.42 Å². The zero-order valence-corrected chi connectivity index (χ0v) is 8.80. The van der Waals surface area contributed by atoms with E-state index in [1.807, 2.05) is 6.11 Å². The van der Waals surface area contributed by atoms with Gasteiger partial charge in [0.1, 0.15) is 6.11 Å². The molecule has 3 heteroatoms. The van der Waals surface area contributed by atoms with E-state index in [0.29, 0.717) is 0 Å². The van der Waals surface area contributed by atoms with E-state index < -0.39 is 6.16 Å². The van der Waals surface area contributed by atoms with E-state index in [1.54, 1.807) is 0 Å². The van der Waals surface area contributed by atoms with Crippen LogP contribution >= 0.6 is 0 Å². The van der Waals surface area contributed by atoms with E-state index in [2.05, 4.69) is 68.7 Å². The zero-order valence-electron chi connectivity index (χ0n) is 8.80. The Labute approximate surface area is 99.9 Å². The van der Waals surface area contributed by atoms with Crippen LogP contribution in [0.15, 0.2) is 0 Å². The third-order valence-corrected chi connectivity index (χ3v) is 0.924. The van der Waals surface area contributed by atoms with Crippen LogP contribution < -0.4 is 0 Å². The molecule has 0 rings (SSSR count). The van der Waals surface area contributed by atoms with Gasteiger partial charge in [0.25, 0.3) is 0 Å². The first kappa shape index (κ1) is 13.6. The van der Waals surface area contributed by atoms with Gasteiger partial charge in [0.05, 0.1) is 7.11 Å². The Bertz CT molecular complexity index is 621. The standard InChI is InChI=1S/C14H4O3/c1-3-4-5-6-7-8-9-10-11-12-13-17-14(15)16-2/h1H,2H3. The molecule has 0 aromatic carbocycles.